The number of halogens is 1. The maximum absolute atomic E-state index is 13.1. The summed E-state index contributed by atoms with van der Waals surface area (Å²) in [6.45, 7) is 6.36. The number of rotatable bonds is 8. The SMILES string of the molecule is CCCc1nn2c(=O)cc(CN(CCC)Cc3ccc(F)cc3)nc2s1. The van der Waals surface area contributed by atoms with Crippen molar-refractivity contribution in [2.24, 2.45) is 0 Å². The van der Waals surface area contributed by atoms with Crippen molar-refractivity contribution in [1.29, 1.82) is 0 Å². The molecule has 2 heterocycles. The number of aryl methyl sites for hydroxylation is 1. The lowest BCUT2D eigenvalue weighted by Gasteiger charge is -2.21. The van der Waals surface area contributed by atoms with Crippen LogP contribution in [0.4, 0.5) is 4.39 Å². The molecular weight excluding hydrogens is 351 g/mol. The maximum Gasteiger partial charge on any atom is 0.275 e. The topological polar surface area (TPSA) is 50.5 Å². The zero-order valence-corrected chi connectivity index (χ0v) is 15.9. The van der Waals surface area contributed by atoms with E-state index in [2.05, 4.69) is 28.8 Å². The van der Waals surface area contributed by atoms with Crippen molar-refractivity contribution in [3.8, 4) is 0 Å². The van der Waals surface area contributed by atoms with Crippen LogP contribution < -0.4 is 5.56 Å². The van der Waals surface area contributed by atoms with Gasteiger partial charge < -0.3 is 0 Å². The first kappa shape index (κ1) is 18.7. The van der Waals surface area contributed by atoms with E-state index in [0.29, 0.717) is 18.1 Å². The molecule has 0 aliphatic carbocycles. The van der Waals surface area contributed by atoms with Crippen LogP contribution in [0.1, 0.15) is 43.0 Å². The highest BCUT2D eigenvalue weighted by molar-refractivity contribution is 7.16. The third-order valence-electron chi connectivity index (χ3n) is 4.05. The van der Waals surface area contributed by atoms with Gasteiger partial charge in [-0.25, -0.2) is 9.37 Å². The molecule has 3 rings (SSSR count). The Balaban J connectivity index is 1.81. The van der Waals surface area contributed by atoms with Gasteiger partial charge in [0.2, 0.25) is 4.96 Å². The molecule has 0 bridgehead atoms. The van der Waals surface area contributed by atoms with E-state index in [-0.39, 0.29) is 11.4 Å². The number of nitrogens with zero attached hydrogens (tertiary/aromatic N) is 4. The summed E-state index contributed by atoms with van der Waals surface area (Å²) in [7, 11) is 0. The van der Waals surface area contributed by atoms with Gasteiger partial charge in [0.1, 0.15) is 10.8 Å². The minimum Gasteiger partial charge on any atom is -0.293 e. The molecule has 0 spiro atoms. The van der Waals surface area contributed by atoms with Gasteiger partial charge in [0.25, 0.3) is 5.56 Å². The summed E-state index contributed by atoms with van der Waals surface area (Å²) in [4.78, 5) is 19.9. The standard InChI is InChI=1S/C19H23FN4OS/c1-3-5-17-22-24-18(25)11-16(21-19(24)26-17)13-23(10-4-2)12-14-6-8-15(20)9-7-14/h6-9,11H,3-5,10,12-13H2,1-2H3. The smallest absolute Gasteiger partial charge is 0.275 e. The van der Waals surface area contributed by atoms with E-state index >= 15 is 0 Å². The second-order valence-corrected chi connectivity index (χ2v) is 7.40. The summed E-state index contributed by atoms with van der Waals surface area (Å²) in [5.74, 6) is -0.232. The van der Waals surface area contributed by atoms with E-state index in [0.717, 1.165) is 42.1 Å². The Kier molecular flexibility index (Phi) is 6.11. The summed E-state index contributed by atoms with van der Waals surface area (Å²) < 4.78 is 14.5. The van der Waals surface area contributed by atoms with Gasteiger partial charge in [0, 0.05) is 25.6 Å². The molecular formula is C19H23FN4OS. The minimum atomic E-state index is -0.232. The summed E-state index contributed by atoms with van der Waals surface area (Å²) in [5.41, 5.74) is 1.65. The fourth-order valence-corrected chi connectivity index (χ4v) is 3.92. The van der Waals surface area contributed by atoms with Crippen molar-refractivity contribution < 1.29 is 4.39 Å². The van der Waals surface area contributed by atoms with Gasteiger partial charge in [-0.2, -0.15) is 9.61 Å². The van der Waals surface area contributed by atoms with E-state index in [1.54, 1.807) is 18.2 Å². The molecule has 0 saturated carbocycles. The van der Waals surface area contributed by atoms with Gasteiger partial charge in [-0.05, 0) is 37.1 Å². The molecule has 0 aliphatic heterocycles. The molecule has 0 aliphatic rings. The lowest BCUT2D eigenvalue weighted by Crippen LogP contribution is -2.26. The maximum atomic E-state index is 13.1. The van der Waals surface area contributed by atoms with E-state index in [1.807, 2.05) is 0 Å². The Labute approximate surface area is 156 Å². The van der Waals surface area contributed by atoms with Crippen molar-refractivity contribution in [2.45, 2.75) is 46.2 Å². The number of hydrogen-bond acceptors (Lipinski definition) is 5. The molecule has 0 amide bonds. The Morgan fingerprint density at radius 1 is 1.15 bits per heavy atom. The molecule has 7 heteroatoms. The fraction of sp³-hybridized carbons (Fsp3) is 0.421. The molecule has 138 valence electrons. The molecule has 5 nitrogen and oxygen atoms in total. The van der Waals surface area contributed by atoms with Crippen LogP contribution in [0.3, 0.4) is 0 Å². The van der Waals surface area contributed by atoms with Crippen LogP contribution in [0, 0.1) is 5.82 Å². The van der Waals surface area contributed by atoms with Crippen molar-refractivity contribution in [3.63, 3.8) is 0 Å². The Hall–Kier alpha value is -2.12. The van der Waals surface area contributed by atoms with E-state index in [1.165, 1.54) is 28.0 Å². The molecule has 1 aromatic carbocycles. The molecule has 0 radical (unpaired) electrons. The monoisotopic (exact) mass is 374 g/mol. The third kappa shape index (κ3) is 4.53. The van der Waals surface area contributed by atoms with Crippen molar-refractivity contribution in [3.05, 3.63) is 62.8 Å². The number of aromatic nitrogens is 3. The van der Waals surface area contributed by atoms with Crippen molar-refractivity contribution in [2.75, 3.05) is 6.54 Å². The van der Waals surface area contributed by atoms with E-state index < -0.39 is 0 Å². The molecule has 0 unspecified atom stereocenters. The zero-order chi connectivity index (χ0) is 18.5. The minimum absolute atomic E-state index is 0.137. The van der Waals surface area contributed by atoms with Gasteiger partial charge >= 0.3 is 0 Å². The Morgan fingerprint density at radius 3 is 2.62 bits per heavy atom. The van der Waals surface area contributed by atoms with Crippen LogP contribution in [0.5, 0.6) is 0 Å². The van der Waals surface area contributed by atoms with Crippen LogP contribution in [0.2, 0.25) is 0 Å². The highest BCUT2D eigenvalue weighted by Crippen LogP contribution is 2.15. The number of hydrogen-bond donors (Lipinski definition) is 0. The molecule has 2 aromatic heterocycles. The number of fused-ring (bicyclic) bond motifs is 1. The summed E-state index contributed by atoms with van der Waals surface area (Å²) in [6.07, 6.45) is 2.84. The summed E-state index contributed by atoms with van der Waals surface area (Å²) in [6, 6.07) is 8.11. The van der Waals surface area contributed by atoms with Gasteiger partial charge in [-0.15, -0.1) is 0 Å². The summed E-state index contributed by atoms with van der Waals surface area (Å²) in [5, 5.41) is 5.28. The first-order valence-electron chi connectivity index (χ1n) is 8.94. The Morgan fingerprint density at radius 2 is 1.92 bits per heavy atom. The molecule has 0 N–H and O–H groups in total. The van der Waals surface area contributed by atoms with E-state index in [9.17, 15) is 9.18 Å². The van der Waals surface area contributed by atoms with Crippen molar-refractivity contribution >= 4 is 16.3 Å². The van der Waals surface area contributed by atoms with Crippen molar-refractivity contribution in [1.82, 2.24) is 19.5 Å². The lowest BCUT2D eigenvalue weighted by atomic mass is 10.2. The molecule has 3 aromatic rings. The van der Waals surface area contributed by atoms with Gasteiger partial charge in [0.15, 0.2) is 0 Å². The lowest BCUT2D eigenvalue weighted by molar-refractivity contribution is 0.254. The largest absolute Gasteiger partial charge is 0.293 e. The molecule has 0 atom stereocenters. The second kappa shape index (κ2) is 8.51. The van der Waals surface area contributed by atoms with Crippen LogP contribution in [0.25, 0.3) is 4.96 Å². The fourth-order valence-electron chi connectivity index (χ4n) is 2.90. The second-order valence-electron chi connectivity index (χ2n) is 6.36. The third-order valence-corrected chi connectivity index (χ3v) is 5.02. The average Bonchev–Trinajstić information content (AvgIpc) is 3.01. The first-order valence-corrected chi connectivity index (χ1v) is 9.76. The molecule has 0 fully saturated rings. The first-order chi connectivity index (χ1) is 12.6. The normalized spacial score (nSPS) is 11.5. The van der Waals surface area contributed by atoms with Gasteiger partial charge in [0.05, 0.1) is 5.69 Å². The molecule has 26 heavy (non-hydrogen) atoms. The molecule has 0 saturated heterocycles. The zero-order valence-electron chi connectivity index (χ0n) is 15.1. The predicted molar refractivity (Wildman–Crippen MR) is 102 cm³/mol. The average molecular weight is 374 g/mol. The number of benzene rings is 1. The van der Waals surface area contributed by atoms with Crippen LogP contribution in [-0.2, 0) is 19.5 Å². The Bertz CT molecular complexity index is 919. The highest BCUT2D eigenvalue weighted by atomic mass is 32.1. The van der Waals surface area contributed by atoms with Crippen LogP contribution in [-0.4, -0.2) is 26.0 Å². The predicted octanol–water partition coefficient (Wildman–Crippen LogP) is 3.65. The summed E-state index contributed by atoms with van der Waals surface area (Å²) >= 11 is 1.48. The van der Waals surface area contributed by atoms with Crippen LogP contribution >= 0.6 is 11.3 Å². The van der Waals surface area contributed by atoms with Gasteiger partial charge in [-0.1, -0.05) is 37.3 Å². The highest BCUT2D eigenvalue weighted by Gasteiger charge is 2.12. The van der Waals surface area contributed by atoms with Gasteiger partial charge in [-0.3, -0.25) is 9.69 Å². The van der Waals surface area contributed by atoms with Crippen LogP contribution in [0.15, 0.2) is 35.1 Å². The quantitative estimate of drug-likeness (QED) is 0.604. The van der Waals surface area contributed by atoms with E-state index in [4.69, 9.17) is 0 Å².